The molecule has 0 bridgehead atoms. The Hall–Kier alpha value is -6.62. The number of hydrogen-bond donors (Lipinski definition) is 0. The average molecular weight is 958 g/mol. The van der Waals surface area contributed by atoms with Gasteiger partial charge in [-0.25, -0.2) is 4.98 Å². The summed E-state index contributed by atoms with van der Waals surface area (Å²) in [7, 11) is 0. The summed E-state index contributed by atoms with van der Waals surface area (Å²) in [6, 6.07) is 55.0. The van der Waals surface area contributed by atoms with E-state index >= 15 is 0 Å². The third-order valence-corrected chi connectivity index (χ3v) is 11.3. The molecule has 10 rings (SSSR count). The maximum absolute atomic E-state index is 5.62. The van der Waals surface area contributed by atoms with E-state index in [0.717, 1.165) is 84.2 Å². The topological polar surface area (TPSA) is 52.9 Å². The number of benzene rings is 6. The zero-order chi connectivity index (χ0) is 40.3. The Bertz CT molecular complexity index is 3150. The van der Waals surface area contributed by atoms with Gasteiger partial charge in [-0.3, -0.25) is 9.55 Å². The van der Waals surface area contributed by atoms with E-state index in [-0.39, 0.29) is 26.5 Å². The summed E-state index contributed by atoms with van der Waals surface area (Å²) in [5.41, 5.74) is 17.6. The van der Waals surface area contributed by atoms with Gasteiger partial charge < -0.3 is 14.0 Å². The van der Waals surface area contributed by atoms with Crippen LogP contribution in [0.1, 0.15) is 37.5 Å². The summed E-state index contributed by atoms with van der Waals surface area (Å²) in [5.74, 6) is 0.783. The van der Waals surface area contributed by atoms with Crippen LogP contribution in [0.15, 0.2) is 164 Å². The molecule has 0 radical (unpaired) electrons. The van der Waals surface area contributed by atoms with E-state index < -0.39 is 0 Å². The SMILES string of the molecule is Cc1cccc(C)c1-n1cc(-c2nc3c(-c4[c-]c(-c5cc(-c6ccccc6)ccn5)ccc4)cccc3n2-c2ccc(C(C)(C)C)cc2-c2ccccc2)n2[c-]ncc12.[Pt+2]. The number of fused-ring (bicyclic) bond motifs is 2. The summed E-state index contributed by atoms with van der Waals surface area (Å²) >= 11 is 0. The minimum Gasteiger partial charge on any atom is -0.409 e. The van der Waals surface area contributed by atoms with Gasteiger partial charge in [-0.05, 0) is 89.3 Å². The number of hydrogen-bond acceptors (Lipinski definition) is 3. The molecule has 294 valence electrons. The van der Waals surface area contributed by atoms with Crippen molar-refractivity contribution in [2.45, 2.75) is 40.0 Å². The summed E-state index contributed by atoms with van der Waals surface area (Å²) in [6.07, 6.45) is 9.22. The Morgan fingerprint density at radius 1 is 0.633 bits per heavy atom. The Balaban J connectivity index is 0.00000462. The van der Waals surface area contributed by atoms with Crippen LogP contribution in [0.2, 0.25) is 0 Å². The monoisotopic (exact) mass is 957 g/mol. The average Bonchev–Trinajstić information content (AvgIpc) is 3.99. The number of rotatable bonds is 7. The van der Waals surface area contributed by atoms with Crippen molar-refractivity contribution in [3.8, 4) is 67.5 Å². The first-order chi connectivity index (χ1) is 28.7. The molecule has 0 amide bonds. The molecule has 4 heterocycles. The molecule has 0 aliphatic rings. The summed E-state index contributed by atoms with van der Waals surface area (Å²) in [4.78, 5) is 15.0. The second-order valence-corrected chi connectivity index (χ2v) is 16.2. The summed E-state index contributed by atoms with van der Waals surface area (Å²) in [5, 5.41) is 0. The molecule has 4 aromatic heterocycles. The van der Waals surface area contributed by atoms with Crippen LogP contribution in [0.25, 0.3) is 84.2 Å². The van der Waals surface area contributed by atoms with Crippen LogP contribution in [0.3, 0.4) is 0 Å². The molecule has 60 heavy (non-hydrogen) atoms. The quantitative estimate of drug-likeness (QED) is 0.150. The van der Waals surface area contributed by atoms with Crippen molar-refractivity contribution in [1.29, 1.82) is 0 Å². The molecular formula is C53H42N6Pt. The third-order valence-electron chi connectivity index (χ3n) is 11.3. The van der Waals surface area contributed by atoms with Crippen LogP contribution in [0, 0.1) is 26.2 Å². The van der Waals surface area contributed by atoms with Crippen LogP contribution >= 0.6 is 0 Å². The van der Waals surface area contributed by atoms with Gasteiger partial charge in [-0.15, -0.1) is 29.8 Å². The smallest absolute Gasteiger partial charge is 0.409 e. The van der Waals surface area contributed by atoms with Gasteiger partial charge in [-0.2, -0.15) is 0 Å². The Morgan fingerprint density at radius 2 is 1.33 bits per heavy atom. The molecule has 10 aromatic rings. The van der Waals surface area contributed by atoms with Crippen molar-refractivity contribution in [3.63, 3.8) is 0 Å². The van der Waals surface area contributed by atoms with Gasteiger partial charge in [-0.1, -0.05) is 135 Å². The van der Waals surface area contributed by atoms with Gasteiger partial charge in [0.15, 0.2) is 0 Å². The van der Waals surface area contributed by atoms with Crippen LogP contribution in [-0.2, 0) is 26.5 Å². The van der Waals surface area contributed by atoms with E-state index in [2.05, 4.69) is 207 Å². The Labute approximate surface area is 365 Å². The largest absolute Gasteiger partial charge is 2.00 e. The molecule has 0 saturated carbocycles. The van der Waals surface area contributed by atoms with E-state index in [1.54, 1.807) is 0 Å². The first-order valence-corrected chi connectivity index (χ1v) is 20.0. The van der Waals surface area contributed by atoms with Gasteiger partial charge in [0.05, 0.1) is 16.7 Å². The van der Waals surface area contributed by atoms with Crippen LogP contribution in [-0.4, -0.2) is 28.5 Å². The van der Waals surface area contributed by atoms with Crippen molar-refractivity contribution >= 4 is 16.7 Å². The standard InChI is InChI=1S/C53H42N6.Pt/c1-35-15-12-16-36(2)51(35)57-33-48(58-34-54-32-49(57)58)52-56-50-43(40-21-13-22-41(29-40)45-30-39(27-28-55-45)37-17-8-6-9-18-37)23-14-24-47(50)59(52)46-26-25-42(53(3,4)5)31-44(46)38-19-10-7-11-20-38;/h6-28,30-33H,1-5H3;/q-2;+2. The van der Waals surface area contributed by atoms with Crippen molar-refractivity contribution in [2.24, 2.45) is 0 Å². The maximum Gasteiger partial charge on any atom is 2.00 e. The summed E-state index contributed by atoms with van der Waals surface area (Å²) < 4.78 is 6.58. The van der Waals surface area contributed by atoms with Crippen LogP contribution in [0.4, 0.5) is 0 Å². The molecule has 0 spiro atoms. The predicted molar refractivity (Wildman–Crippen MR) is 240 cm³/mol. The van der Waals surface area contributed by atoms with Gasteiger partial charge in [0.2, 0.25) is 0 Å². The minimum absolute atomic E-state index is 0. The fourth-order valence-corrected chi connectivity index (χ4v) is 8.31. The van der Waals surface area contributed by atoms with E-state index in [1.165, 1.54) is 16.7 Å². The number of imidazole rings is 3. The third kappa shape index (κ3) is 6.81. The van der Waals surface area contributed by atoms with E-state index in [4.69, 9.17) is 9.97 Å². The molecule has 0 aliphatic carbocycles. The first-order valence-electron chi connectivity index (χ1n) is 20.0. The van der Waals surface area contributed by atoms with Gasteiger partial charge in [0.1, 0.15) is 5.82 Å². The number of pyridine rings is 1. The fraction of sp³-hybridized carbons (Fsp3) is 0.113. The molecule has 7 heteroatoms. The second-order valence-electron chi connectivity index (χ2n) is 16.2. The molecule has 0 N–H and O–H groups in total. The van der Waals surface area contributed by atoms with E-state index in [0.29, 0.717) is 0 Å². The normalized spacial score (nSPS) is 11.6. The van der Waals surface area contributed by atoms with Crippen molar-refractivity contribution in [3.05, 3.63) is 193 Å². The zero-order valence-electron chi connectivity index (χ0n) is 34.1. The van der Waals surface area contributed by atoms with E-state index in [1.807, 2.05) is 22.9 Å². The second kappa shape index (κ2) is 15.5. The molecule has 0 unspecified atom stereocenters. The number of aryl methyl sites for hydroxylation is 2. The van der Waals surface area contributed by atoms with Crippen molar-refractivity contribution in [1.82, 2.24) is 28.5 Å². The summed E-state index contributed by atoms with van der Waals surface area (Å²) in [6.45, 7) is 11.1. The fourth-order valence-electron chi connectivity index (χ4n) is 8.31. The Morgan fingerprint density at radius 3 is 2.08 bits per heavy atom. The maximum atomic E-state index is 5.62. The molecule has 0 saturated heterocycles. The van der Waals surface area contributed by atoms with Gasteiger partial charge in [0, 0.05) is 40.8 Å². The molecule has 0 atom stereocenters. The molecule has 0 aliphatic heterocycles. The van der Waals surface area contributed by atoms with Crippen LogP contribution in [0.5, 0.6) is 0 Å². The Kier molecular flexibility index (Phi) is 10.1. The van der Waals surface area contributed by atoms with E-state index in [9.17, 15) is 0 Å². The molecular weight excluding hydrogens is 916 g/mol. The predicted octanol–water partition coefficient (Wildman–Crippen LogP) is 12.7. The minimum atomic E-state index is -0.0497. The number of nitrogens with zero attached hydrogens (tertiary/aromatic N) is 6. The van der Waals surface area contributed by atoms with Gasteiger partial charge >= 0.3 is 21.1 Å². The van der Waals surface area contributed by atoms with Crippen molar-refractivity contribution < 1.29 is 21.1 Å². The van der Waals surface area contributed by atoms with Crippen molar-refractivity contribution in [2.75, 3.05) is 0 Å². The van der Waals surface area contributed by atoms with Crippen LogP contribution < -0.4 is 0 Å². The van der Waals surface area contributed by atoms with Gasteiger partial charge in [0.25, 0.3) is 0 Å². The number of aromatic nitrogens is 6. The molecule has 6 aromatic carbocycles. The number of para-hydroxylation sites is 2. The molecule has 6 nitrogen and oxygen atoms in total. The first kappa shape index (κ1) is 38.9. The zero-order valence-corrected chi connectivity index (χ0v) is 36.4. The molecule has 0 fully saturated rings.